The lowest BCUT2D eigenvalue weighted by Gasteiger charge is -2.45. The number of aromatic nitrogens is 2. The van der Waals surface area contributed by atoms with Crippen molar-refractivity contribution in [2.24, 2.45) is 5.92 Å². The van der Waals surface area contributed by atoms with Crippen LogP contribution in [0.3, 0.4) is 0 Å². The van der Waals surface area contributed by atoms with Crippen molar-refractivity contribution in [2.75, 3.05) is 4.90 Å². The number of aliphatic hydroxyl groups is 1. The zero-order chi connectivity index (χ0) is 23.1. The molecule has 0 unspecified atom stereocenters. The number of nitrogens with zero attached hydrogens (tertiary/aromatic N) is 4. The van der Waals surface area contributed by atoms with E-state index < -0.39 is 23.9 Å². The molecule has 168 valence electrons. The molecule has 0 saturated carbocycles. The van der Waals surface area contributed by atoms with E-state index in [1.165, 1.54) is 15.8 Å². The zero-order valence-corrected chi connectivity index (χ0v) is 18.4. The van der Waals surface area contributed by atoms with E-state index in [1.807, 2.05) is 32.0 Å². The highest BCUT2D eigenvalue weighted by molar-refractivity contribution is 6.07. The van der Waals surface area contributed by atoms with Gasteiger partial charge >= 0.3 is 0 Å². The molecule has 3 aliphatic rings. The van der Waals surface area contributed by atoms with Crippen LogP contribution in [0.2, 0.25) is 0 Å². The Balaban J connectivity index is 1.55. The summed E-state index contributed by atoms with van der Waals surface area (Å²) in [5.74, 6) is -0.353. The van der Waals surface area contributed by atoms with Crippen LogP contribution in [0, 0.1) is 5.92 Å². The second-order valence-electron chi connectivity index (χ2n) is 9.61. The summed E-state index contributed by atoms with van der Waals surface area (Å²) >= 11 is 0. The van der Waals surface area contributed by atoms with Crippen LogP contribution in [0.25, 0.3) is 10.9 Å². The maximum Gasteiger partial charge on any atom is 0.261 e. The molecule has 2 fully saturated rings. The molecule has 3 aliphatic heterocycles. The topological polar surface area (TPSA) is 95.7 Å². The summed E-state index contributed by atoms with van der Waals surface area (Å²) in [7, 11) is 0. The third kappa shape index (κ3) is 2.55. The van der Waals surface area contributed by atoms with Crippen LogP contribution in [0.15, 0.2) is 59.7 Å². The van der Waals surface area contributed by atoms with Crippen molar-refractivity contribution in [3.8, 4) is 0 Å². The number of anilines is 1. The van der Waals surface area contributed by atoms with E-state index in [2.05, 4.69) is 4.98 Å². The lowest BCUT2D eigenvalue weighted by molar-refractivity contribution is -0.159. The van der Waals surface area contributed by atoms with Gasteiger partial charge in [0, 0.05) is 12.0 Å². The number of amides is 2. The van der Waals surface area contributed by atoms with Crippen LogP contribution < -0.4 is 10.5 Å². The zero-order valence-electron chi connectivity index (χ0n) is 18.4. The standard InChI is InChI=1S/C25H24N4O4/c1-14(2)11-19-22(31)28-18-10-6-4-8-16(18)25(33)12-20(23(32)29(19)24(25)28)27-13-26-17-9-5-3-7-15(17)21(27)30/h3-10,13-14,19-20,24,33H,11-12H2,1-2H3/t19-,20+,24+,25-/m0/s1. The molecule has 0 bridgehead atoms. The van der Waals surface area contributed by atoms with Gasteiger partial charge < -0.3 is 10.0 Å². The highest BCUT2D eigenvalue weighted by atomic mass is 16.3. The van der Waals surface area contributed by atoms with Gasteiger partial charge in [-0.25, -0.2) is 4.98 Å². The average molecular weight is 444 g/mol. The first kappa shape index (κ1) is 20.1. The molecule has 4 heterocycles. The molecule has 33 heavy (non-hydrogen) atoms. The first-order chi connectivity index (χ1) is 15.8. The van der Waals surface area contributed by atoms with E-state index in [0.29, 0.717) is 28.6 Å². The Kier molecular flexibility index (Phi) is 4.11. The van der Waals surface area contributed by atoms with Crippen LogP contribution in [-0.4, -0.2) is 43.6 Å². The second kappa shape index (κ2) is 6.74. The molecular formula is C25H24N4O4. The number of hydrogen-bond acceptors (Lipinski definition) is 5. The molecule has 2 saturated heterocycles. The third-order valence-electron chi connectivity index (χ3n) is 7.19. The number of fused-ring (bicyclic) bond motifs is 4. The van der Waals surface area contributed by atoms with Gasteiger partial charge in [0.2, 0.25) is 5.91 Å². The minimum atomic E-state index is -1.48. The van der Waals surface area contributed by atoms with E-state index >= 15 is 0 Å². The molecule has 2 amide bonds. The Morgan fingerprint density at radius 2 is 1.79 bits per heavy atom. The maximum absolute atomic E-state index is 13.9. The van der Waals surface area contributed by atoms with E-state index in [9.17, 15) is 19.5 Å². The van der Waals surface area contributed by atoms with Gasteiger partial charge in [-0.05, 0) is 30.5 Å². The monoisotopic (exact) mass is 444 g/mol. The fourth-order valence-electron chi connectivity index (χ4n) is 5.80. The summed E-state index contributed by atoms with van der Waals surface area (Å²) in [5.41, 5.74) is -0.0406. The van der Waals surface area contributed by atoms with Crippen LogP contribution in [0.1, 0.15) is 38.3 Å². The van der Waals surface area contributed by atoms with Crippen molar-refractivity contribution in [3.05, 3.63) is 70.8 Å². The van der Waals surface area contributed by atoms with E-state index in [1.54, 1.807) is 35.2 Å². The van der Waals surface area contributed by atoms with Gasteiger partial charge in [-0.2, -0.15) is 0 Å². The lowest BCUT2D eigenvalue weighted by Crippen LogP contribution is -2.61. The van der Waals surface area contributed by atoms with Crippen LogP contribution >= 0.6 is 0 Å². The van der Waals surface area contributed by atoms with Gasteiger partial charge in [0.1, 0.15) is 23.9 Å². The Morgan fingerprint density at radius 1 is 1.06 bits per heavy atom. The molecule has 3 aromatic rings. The van der Waals surface area contributed by atoms with E-state index in [4.69, 9.17) is 0 Å². The van der Waals surface area contributed by atoms with Crippen molar-refractivity contribution in [3.63, 3.8) is 0 Å². The minimum absolute atomic E-state index is 0.0118. The predicted octanol–water partition coefficient (Wildman–Crippen LogP) is 2.16. The van der Waals surface area contributed by atoms with Gasteiger partial charge in [-0.3, -0.25) is 23.9 Å². The summed E-state index contributed by atoms with van der Waals surface area (Å²) in [6, 6.07) is 12.6. The molecule has 0 aliphatic carbocycles. The Hall–Kier alpha value is -3.52. The van der Waals surface area contributed by atoms with E-state index in [0.717, 1.165) is 0 Å². The van der Waals surface area contributed by atoms with Gasteiger partial charge in [0.05, 0.1) is 22.9 Å². The highest BCUT2D eigenvalue weighted by Gasteiger charge is 2.67. The second-order valence-corrected chi connectivity index (χ2v) is 9.61. The number of hydrogen-bond donors (Lipinski definition) is 1. The molecule has 8 heteroatoms. The Morgan fingerprint density at radius 3 is 2.58 bits per heavy atom. The van der Waals surface area contributed by atoms with Crippen molar-refractivity contribution in [1.82, 2.24) is 14.5 Å². The SMILES string of the molecule is CC(C)C[C@H]1C(=O)N2c3ccccc3[C@@]3(O)C[C@@H](n4cnc5ccccc5c4=O)C(=O)N1[C@@H]23. The number of piperidine rings is 1. The smallest absolute Gasteiger partial charge is 0.261 e. The number of para-hydroxylation sites is 2. The molecule has 1 N–H and O–H groups in total. The number of benzene rings is 2. The molecule has 8 nitrogen and oxygen atoms in total. The molecule has 0 radical (unpaired) electrons. The molecule has 6 rings (SSSR count). The van der Waals surface area contributed by atoms with Gasteiger partial charge in [-0.1, -0.05) is 44.2 Å². The fourth-order valence-corrected chi connectivity index (χ4v) is 5.80. The minimum Gasteiger partial charge on any atom is -0.381 e. The number of rotatable bonds is 3. The quantitative estimate of drug-likeness (QED) is 0.668. The number of carbonyl (C=O) groups is 2. The van der Waals surface area contributed by atoms with Crippen molar-refractivity contribution in [2.45, 2.75) is 50.5 Å². The van der Waals surface area contributed by atoms with Gasteiger partial charge in [0.25, 0.3) is 11.5 Å². The van der Waals surface area contributed by atoms with Crippen LogP contribution in [0.4, 0.5) is 5.69 Å². The maximum atomic E-state index is 13.9. The first-order valence-electron chi connectivity index (χ1n) is 11.3. The molecule has 4 atom stereocenters. The van der Waals surface area contributed by atoms with Crippen LogP contribution in [0.5, 0.6) is 0 Å². The molecule has 2 aromatic carbocycles. The van der Waals surface area contributed by atoms with Crippen molar-refractivity contribution < 1.29 is 14.7 Å². The van der Waals surface area contributed by atoms with Crippen molar-refractivity contribution in [1.29, 1.82) is 0 Å². The summed E-state index contributed by atoms with van der Waals surface area (Å²) in [5, 5.41) is 12.5. The largest absolute Gasteiger partial charge is 0.381 e. The van der Waals surface area contributed by atoms with Gasteiger partial charge in [-0.15, -0.1) is 0 Å². The fraction of sp³-hybridized carbons (Fsp3) is 0.360. The summed E-state index contributed by atoms with van der Waals surface area (Å²) in [6.45, 7) is 4.00. The Labute approximate surface area is 190 Å². The lowest BCUT2D eigenvalue weighted by atomic mass is 9.81. The highest BCUT2D eigenvalue weighted by Crippen LogP contribution is 2.55. The predicted molar refractivity (Wildman–Crippen MR) is 121 cm³/mol. The first-order valence-corrected chi connectivity index (χ1v) is 11.3. The average Bonchev–Trinajstić information content (AvgIpc) is 3.24. The van der Waals surface area contributed by atoms with Crippen molar-refractivity contribution >= 4 is 28.4 Å². The summed E-state index contributed by atoms with van der Waals surface area (Å²) in [4.78, 5) is 48.3. The summed E-state index contributed by atoms with van der Waals surface area (Å²) < 4.78 is 1.32. The van der Waals surface area contributed by atoms with Gasteiger partial charge in [0.15, 0.2) is 0 Å². The third-order valence-corrected chi connectivity index (χ3v) is 7.19. The number of carbonyl (C=O) groups excluding carboxylic acids is 2. The van der Waals surface area contributed by atoms with E-state index in [-0.39, 0.29) is 29.7 Å². The van der Waals surface area contributed by atoms with Crippen LogP contribution in [-0.2, 0) is 15.2 Å². The molecule has 1 aromatic heterocycles. The Bertz CT molecular complexity index is 1380. The molecule has 0 spiro atoms. The normalized spacial score (nSPS) is 28.1. The molecular weight excluding hydrogens is 420 g/mol. The summed E-state index contributed by atoms with van der Waals surface area (Å²) in [6.07, 6.45) is 1.04.